The first-order chi connectivity index (χ1) is 5.87. The van der Waals surface area contributed by atoms with E-state index in [4.69, 9.17) is 0 Å². The molecule has 0 aliphatic heterocycles. The Kier molecular flexibility index (Phi) is 5.23. The van der Waals surface area contributed by atoms with Crippen LogP contribution in [0.3, 0.4) is 0 Å². The highest BCUT2D eigenvalue weighted by Crippen LogP contribution is 2.10. The summed E-state index contributed by atoms with van der Waals surface area (Å²) in [6.07, 6.45) is 1.80. The fourth-order valence-corrected chi connectivity index (χ4v) is 1.28. The Morgan fingerprint density at radius 2 is 2.00 bits per heavy atom. The van der Waals surface area contributed by atoms with Gasteiger partial charge < -0.3 is 5.32 Å². The van der Waals surface area contributed by atoms with Crippen molar-refractivity contribution < 1.29 is 4.79 Å². The van der Waals surface area contributed by atoms with Gasteiger partial charge in [-0.3, -0.25) is 4.79 Å². The molecule has 0 heterocycles. The van der Waals surface area contributed by atoms with Crippen LogP contribution >= 0.6 is 0 Å². The SMILES string of the molecule is CCC(C)CNC(C)(C)CC(C)=O. The Bertz CT molecular complexity index is 163. The zero-order valence-electron chi connectivity index (χ0n) is 9.61. The molecule has 2 nitrogen and oxygen atoms in total. The van der Waals surface area contributed by atoms with Crippen molar-refractivity contribution in [2.24, 2.45) is 5.92 Å². The summed E-state index contributed by atoms with van der Waals surface area (Å²) in [7, 11) is 0. The Morgan fingerprint density at radius 3 is 2.38 bits per heavy atom. The van der Waals surface area contributed by atoms with Crippen LogP contribution in [-0.2, 0) is 4.79 Å². The van der Waals surface area contributed by atoms with Crippen LogP contribution in [0.1, 0.15) is 47.5 Å². The van der Waals surface area contributed by atoms with Gasteiger partial charge in [-0.1, -0.05) is 20.3 Å². The van der Waals surface area contributed by atoms with E-state index in [9.17, 15) is 4.79 Å². The highest BCUT2D eigenvalue weighted by Gasteiger charge is 2.19. The molecule has 1 unspecified atom stereocenters. The molecule has 0 radical (unpaired) electrons. The third kappa shape index (κ3) is 6.76. The standard InChI is InChI=1S/C11H23NO/c1-6-9(2)8-12-11(4,5)7-10(3)13/h9,12H,6-8H2,1-5H3. The summed E-state index contributed by atoms with van der Waals surface area (Å²) in [4.78, 5) is 10.9. The van der Waals surface area contributed by atoms with Gasteiger partial charge in [0, 0.05) is 12.0 Å². The van der Waals surface area contributed by atoms with Gasteiger partial charge in [-0.05, 0) is 33.2 Å². The van der Waals surface area contributed by atoms with Crippen molar-refractivity contribution in [2.75, 3.05) is 6.54 Å². The van der Waals surface area contributed by atoms with Crippen molar-refractivity contribution in [3.63, 3.8) is 0 Å². The lowest BCUT2D eigenvalue weighted by molar-refractivity contribution is -0.118. The minimum absolute atomic E-state index is 0.0464. The van der Waals surface area contributed by atoms with E-state index in [2.05, 4.69) is 33.0 Å². The van der Waals surface area contributed by atoms with Crippen molar-refractivity contribution in [1.29, 1.82) is 0 Å². The lowest BCUT2D eigenvalue weighted by atomic mass is 9.97. The number of Topliss-reactive ketones (excluding diaryl/α,β-unsaturated/α-hetero) is 1. The van der Waals surface area contributed by atoms with Crippen LogP contribution in [0.25, 0.3) is 0 Å². The molecule has 78 valence electrons. The maximum Gasteiger partial charge on any atom is 0.131 e. The fraction of sp³-hybridized carbons (Fsp3) is 0.909. The summed E-state index contributed by atoms with van der Waals surface area (Å²) < 4.78 is 0. The molecule has 0 aromatic heterocycles. The minimum Gasteiger partial charge on any atom is -0.311 e. The summed E-state index contributed by atoms with van der Waals surface area (Å²) in [5.74, 6) is 0.938. The first-order valence-corrected chi connectivity index (χ1v) is 5.12. The maximum atomic E-state index is 10.9. The van der Waals surface area contributed by atoms with E-state index in [1.54, 1.807) is 6.92 Å². The summed E-state index contributed by atoms with van der Waals surface area (Å²) in [5.41, 5.74) is -0.0464. The minimum atomic E-state index is -0.0464. The Morgan fingerprint density at radius 1 is 1.46 bits per heavy atom. The lowest BCUT2D eigenvalue weighted by Crippen LogP contribution is -2.42. The number of carbonyl (C=O) groups is 1. The molecule has 0 amide bonds. The van der Waals surface area contributed by atoms with Crippen molar-refractivity contribution in [3.8, 4) is 0 Å². The van der Waals surface area contributed by atoms with Gasteiger partial charge in [0.25, 0.3) is 0 Å². The second kappa shape index (κ2) is 5.38. The number of hydrogen-bond acceptors (Lipinski definition) is 2. The number of hydrogen-bond donors (Lipinski definition) is 1. The van der Waals surface area contributed by atoms with Crippen LogP contribution < -0.4 is 5.32 Å². The van der Waals surface area contributed by atoms with Crippen LogP contribution in [-0.4, -0.2) is 17.9 Å². The van der Waals surface area contributed by atoms with Crippen LogP contribution in [0.5, 0.6) is 0 Å². The average Bonchev–Trinajstić information content (AvgIpc) is 1.98. The third-order valence-corrected chi connectivity index (χ3v) is 2.32. The average molecular weight is 185 g/mol. The van der Waals surface area contributed by atoms with Gasteiger partial charge >= 0.3 is 0 Å². The number of nitrogens with one attached hydrogen (secondary N) is 1. The van der Waals surface area contributed by atoms with E-state index < -0.39 is 0 Å². The van der Waals surface area contributed by atoms with E-state index >= 15 is 0 Å². The molecule has 1 N–H and O–H groups in total. The predicted octanol–water partition coefficient (Wildman–Crippen LogP) is 2.38. The molecular weight excluding hydrogens is 162 g/mol. The summed E-state index contributed by atoms with van der Waals surface area (Å²) in [6, 6.07) is 0. The number of rotatable bonds is 6. The zero-order chi connectivity index (χ0) is 10.5. The topological polar surface area (TPSA) is 29.1 Å². The van der Waals surface area contributed by atoms with Gasteiger partial charge in [0.1, 0.15) is 5.78 Å². The molecule has 13 heavy (non-hydrogen) atoms. The van der Waals surface area contributed by atoms with Crippen molar-refractivity contribution in [2.45, 2.75) is 53.0 Å². The molecule has 0 aromatic rings. The Balaban J connectivity index is 3.81. The van der Waals surface area contributed by atoms with Crippen LogP contribution in [0, 0.1) is 5.92 Å². The predicted molar refractivity (Wildman–Crippen MR) is 56.8 cm³/mol. The van der Waals surface area contributed by atoms with Gasteiger partial charge in [-0.15, -0.1) is 0 Å². The van der Waals surface area contributed by atoms with E-state index in [0.717, 1.165) is 6.54 Å². The first-order valence-electron chi connectivity index (χ1n) is 5.12. The molecular formula is C11H23NO. The third-order valence-electron chi connectivity index (χ3n) is 2.32. The van der Waals surface area contributed by atoms with Crippen LogP contribution in [0.15, 0.2) is 0 Å². The second-order valence-corrected chi connectivity index (χ2v) is 4.66. The van der Waals surface area contributed by atoms with Crippen molar-refractivity contribution in [3.05, 3.63) is 0 Å². The van der Waals surface area contributed by atoms with Gasteiger partial charge in [0.05, 0.1) is 0 Å². The van der Waals surface area contributed by atoms with E-state index in [-0.39, 0.29) is 11.3 Å². The quantitative estimate of drug-likeness (QED) is 0.688. The number of carbonyl (C=O) groups excluding carboxylic acids is 1. The van der Waals surface area contributed by atoms with E-state index in [1.807, 2.05) is 0 Å². The molecule has 0 bridgehead atoms. The van der Waals surface area contributed by atoms with Crippen LogP contribution in [0.4, 0.5) is 0 Å². The molecule has 0 spiro atoms. The molecule has 0 aliphatic carbocycles. The lowest BCUT2D eigenvalue weighted by Gasteiger charge is -2.26. The van der Waals surface area contributed by atoms with E-state index in [1.165, 1.54) is 6.42 Å². The molecule has 0 aliphatic rings. The molecule has 0 aromatic carbocycles. The van der Waals surface area contributed by atoms with E-state index in [0.29, 0.717) is 12.3 Å². The van der Waals surface area contributed by atoms with Gasteiger partial charge in [-0.2, -0.15) is 0 Å². The zero-order valence-corrected chi connectivity index (χ0v) is 9.61. The normalized spacial score (nSPS) is 14.2. The molecule has 2 heteroatoms. The van der Waals surface area contributed by atoms with Gasteiger partial charge in [0.2, 0.25) is 0 Å². The molecule has 1 atom stereocenters. The summed E-state index contributed by atoms with van der Waals surface area (Å²) in [5, 5.41) is 3.42. The Hall–Kier alpha value is -0.370. The van der Waals surface area contributed by atoms with Gasteiger partial charge in [0.15, 0.2) is 0 Å². The Labute approximate surface area is 82.1 Å². The molecule has 0 saturated carbocycles. The highest BCUT2D eigenvalue weighted by molar-refractivity contribution is 5.76. The summed E-state index contributed by atoms with van der Waals surface area (Å²) in [6.45, 7) is 11.2. The van der Waals surface area contributed by atoms with Crippen molar-refractivity contribution >= 4 is 5.78 Å². The first kappa shape index (κ1) is 12.6. The smallest absolute Gasteiger partial charge is 0.131 e. The molecule has 0 saturated heterocycles. The maximum absolute atomic E-state index is 10.9. The number of ketones is 1. The molecule has 0 rings (SSSR count). The largest absolute Gasteiger partial charge is 0.311 e. The van der Waals surface area contributed by atoms with Crippen molar-refractivity contribution in [1.82, 2.24) is 5.32 Å². The monoisotopic (exact) mass is 185 g/mol. The fourth-order valence-electron chi connectivity index (χ4n) is 1.28. The highest BCUT2D eigenvalue weighted by atomic mass is 16.1. The molecule has 0 fully saturated rings. The van der Waals surface area contributed by atoms with Crippen LogP contribution in [0.2, 0.25) is 0 Å². The van der Waals surface area contributed by atoms with Gasteiger partial charge in [-0.25, -0.2) is 0 Å². The second-order valence-electron chi connectivity index (χ2n) is 4.66. The summed E-state index contributed by atoms with van der Waals surface area (Å²) >= 11 is 0.